The van der Waals surface area contributed by atoms with Crippen molar-refractivity contribution < 1.29 is 22.3 Å². The molecule has 106 valence electrons. The number of halogens is 4. The standard InChI is InChI=1S/C12H14F4N2O/c1-4-8-5-6-9(7-10(8)13)11(19-3)17-18(2)12(14,15)16/h5-7H,4H2,1-3H3/b17-11-. The topological polar surface area (TPSA) is 24.8 Å². The van der Waals surface area contributed by atoms with E-state index in [0.717, 1.165) is 13.1 Å². The van der Waals surface area contributed by atoms with Crippen LogP contribution in [0.4, 0.5) is 17.6 Å². The van der Waals surface area contributed by atoms with E-state index in [4.69, 9.17) is 4.74 Å². The van der Waals surface area contributed by atoms with E-state index in [1.165, 1.54) is 19.2 Å². The number of aryl methyl sites for hydroxylation is 1. The second-order valence-electron chi connectivity index (χ2n) is 3.76. The van der Waals surface area contributed by atoms with Gasteiger partial charge in [0.05, 0.1) is 7.11 Å². The first-order valence-corrected chi connectivity index (χ1v) is 5.51. The van der Waals surface area contributed by atoms with E-state index in [9.17, 15) is 17.6 Å². The Balaban J connectivity index is 3.10. The maximum Gasteiger partial charge on any atom is 0.500 e. The molecule has 0 fully saturated rings. The van der Waals surface area contributed by atoms with Gasteiger partial charge in [0, 0.05) is 12.6 Å². The summed E-state index contributed by atoms with van der Waals surface area (Å²) in [7, 11) is 1.92. The van der Waals surface area contributed by atoms with E-state index in [0.29, 0.717) is 12.0 Å². The molecule has 0 aliphatic rings. The molecule has 0 aliphatic heterocycles. The molecule has 0 atom stereocenters. The third-order valence-corrected chi connectivity index (χ3v) is 2.48. The van der Waals surface area contributed by atoms with Gasteiger partial charge in [0.25, 0.3) is 0 Å². The van der Waals surface area contributed by atoms with Gasteiger partial charge in [0.2, 0.25) is 5.90 Å². The SMILES string of the molecule is CCc1ccc(/C(=N/N(C)C(F)(F)F)OC)cc1F. The average molecular weight is 278 g/mol. The zero-order valence-corrected chi connectivity index (χ0v) is 10.8. The van der Waals surface area contributed by atoms with Crippen LogP contribution in [0.3, 0.4) is 0 Å². The molecule has 0 saturated carbocycles. The molecule has 3 nitrogen and oxygen atoms in total. The molecule has 0 bridgehead atoms. The molecule has 0 saturated heterocycles. The number of methoxy groups -OCH3 is 1. The summed E-state index contributed by atoms with van der Waals surface area (Å²) in [6.07, 6.45) is -4.13. The fourth-order valence-electron chi connectivity index (χ4n) is 1.38. The summed E-state index contributed by atoms with van der Waals surface area (Å²) in [5, 5.41) is 3.07. The van der Waals surface area contributed by atoms with Crippen LogP contribution in [-0.4, -0.2) is 31.4 Å². The molecule has 0 aromatic heterocycles. The lowest BCUT2D eigenvalue weighted by atomic mass is 10.1. The van der Waals surface area contributed by atoms with E-state index < -0.39 is 12.1 Å². The van der Waals surface area contributed by atoms with Gasteiger partial charge in [-0.1, -0.05) is 13.0 Å². The first-order chi connectivity index (χ1) is 8.79. The zero-order valence-electron chi connectivity index (χ0n) is 10.8. The Morgan fingerprint density at radius 3 is 2.42 bits per heavy atom. The molecule has 0 heterocycles. The van der Waals surface area contributed by atoms with Gasteiger partial charge in [-0.3, -0.25) is 0 Å². The van der Waals surface area contributed by atoms with Gasteiger partial charge in [-0.15, -0.1) is 18.3 Å². The van der Waals surface area contributed by atoms with Crippen LogP contribution in [0.5, 0.6) is 0 Å². The van der Waals surface area contributed by atoms with Crippen LogP contribution in [0.2, 0.25) is 0 Å². The van der Waals surface area contributed by atoms with Crippen LogP contribution in [-0.2, 0) is 11.2 Å². The molecule has 0 amide bonds. The van der Waals surface area contributed by atoms with Crippen molar-refractivity contribution in [2.45, 2.75) is 19.6 Å². The quantitative estimate of drug-likeness (QED) is 0.279. The number of hydrogen-bond acceptors (Lipinski definition) is 3. The number of rotatable bonds is 3. The first-order valence-electron chi connectivity index (χ1n) is 5.51. The van der Waals surface area contributed by atoms with Crippen LogP contribution in [0, 0.1) is 5.82 Å². The molecule has 0 radical (unpaired) electrons. The predicted octanol–water partition coefficient (Wildman–Crippen LogP) is 3.15. The van der Waals surface area contributed by atoms with Gasteiger partial charge in [0.1, 0.15) is 5.82 Å². The van der Waals surface area contributed by atoms with Crippen molar-refractivity contribution >= 4 is 5.90 Å². The van der Waals surface area contributed by atoms with E-state index in [2.05, 4.69) is 5.10 Å². The van der Waals surface area contributed by atoms with E-state index in [1.807, 2.05) is 0 Å². The summed E-state index contributed by atoms with van der Waals surface area (Å²) >= 11 is 0. The molecule has 0 aliphatic carbocycles. The number of nitrogens with zero attached hydrogens (tertiary/aromatic N) is 2. The van der Waals surface area contributed by atoms with Gasteiger partial charge in [0.15, 0.2) is 0 Å². The van der Waals surface area contributed by atoms with Gasteiger partial charge in [-0.25, -0.2) is 9.40 Å². The zero-order chi connectivity index (χ0) is 14.6. The summed E-state index contributed by atoms with van der Waals surface area (Å²) in [5.74, 6) is -0.805. The van der Waals surface area contributed by atoms with Crippen molar-refractivity contribution in [1.82, 2.24) is 5.01 Å². The van der Waals surface area contributed by atoms with Crippen molar-refractivity contribution in [3.05, 3.63) is 35.1 Å². The summed E-state index contributed by atoms with van der Waals surface area (Å²) in [6, 6.07) is 4.06. The molecule has 7 heteroatoms. The lowest BCUT2D eigenvalue weighted by molar-refractivity contribution is -0.237. The molecular formula is C12H14F4N2O. The molecule has 1 aromatic carbocycles. The number of hydrogen-bond donors (Lipinski definition) is 0. The van der Waals surface area contributed by atoms with Crippen molar-refractivity contribution in [3.63, 3.8) is 0 Å². The second kappa shape index (κ2) is 5.90. The highest BCUT2D eigenvalue weighted by molar-refractivity contribution is 5.93. The number of benzene rings is 1. The predicted molar refractivity (Wildman–Crippen MR) is 63.1 cm³/mol. The Kier molecular flexibility index (Phi) is 4.74. The molecule has 0 spiro atoms. The lowest BCUT2D eigenvalue weighted by Gasteiger charge is -2.17. The summed E-state index contributed by atoms with van der Waals surface area (Å²) < 4.78 is 55.4. The fourth-order valence-corrected chi connectivity index (χ4v) is 1.38. The highest BCUT2D eigenvalue weighted by Gasteiger charge is 2.34. The highest BCUT2D eigenvalue weighted by Crippen LogP contribution is 2.20. The molecule has 0 unspecified atom stereocenters. The largest absolute Gasteiger partial charge is 0.500 e. The number of ether oxygens (including phenoxy) is 1. The van der Waals surface area contributed by atoms with Gasteiger partial charge in [-0.2, -0.15) is 0 Å². The monoisotopic (exact) mass is 278 g/mol. The lowest BCUT2D eigenvalue weighted by Crippen LogP contribution is -2.31. The number of alkyl halides is 3. The normalized spacial score (nSPS) is 12.5. The Morgan fingerprint density at radius 2 is 2.00 bits per heavy atom. The van der Waals surface area contributed by atoms with Crippen LogP contribution in [0.25, 0.3) is 0 Å². The van der Waals surface area contributed by atoms with Crippen molar-refractivity contribution in [1.29, 1.82) is 0 Å². The Bertz CT molecular complexity index is 471. The molecule has 0 N–H and O–H groups in total. The summed E-state index contributed by atoms with van der Waals surface area (Å²) in [4.78, 5) is 0. The smallest absolute Gasteiger partial charge is 0.480 e. The Hall–Kier alpha value is -1.79. The van der Waals surface area contributed by atoms with Crippen molar-refractivity contribution in [2.24, 2.45) is 5.10 Å². The first kappa shape index (κ1) is 15.3. The van der Waals surface area contributed by atoms with Crippen molar-refractivity contribution in [3.8, 4) is 0 Å². The van der Waals surface area contributed by atoms with Crippen LogP contribution < -0.4 is 0 Å². The third-order valence-electron chi connectivity index (χ3n) is 2.48. The van der Waals surface area contributed by atoms with Crippen molar-refractivity contribution in [2.75, 3.05) is 14.2 Å². The van der Waals surface area contributed by atoms with Crippen LogP contribution in [0.15, 0.2) is 23.3 Å². The van der Waals surface area contributed by atoms with E-state index >= 15 is 0 Å². The Morgan fingerprint density at radius 1 is 1.37 bits per heavy atom. The average Bonchev–Trinajstić information content (AvgIpc) is 2.34. The van der Waals surface area contributed by atoms with Gasteiger partial charge >= 0.3 is 6.30 Å². The molecule has 19 heavy (non-hydrogen) atoms. The van der Waals surface area contributed by atoms with Crippen LogP contribution >= 0.6 is 0 Å². The fraction of sp³-hybridized carbons (Fsp3) is 0.417. The highest BCUT2D eigenvalue weighted by atomic mass is 19.4. The van der Waals surface area contributed by atoms with Gasteiger partial charge in [-0.05, 0) is 24.1 Å². The molecular weight excluding hydrogens is 264 g/mol. The van der Waals surface area contributed by atoms with E-state index in [1.54, 1.807) is 6.92 Å². The van der Waals surface area contributed by atoms with Gasteiger partial charge < -0.3 is 4.74 Å². The number of hydrazone groups is 1. The third kappa shape index (κ3) is 3.84. The minimum atomic E-state index is -4.62. The Labute approximate surface area is 108 Å². The van der Waals surface area contributed by atoms with Crippen LogP contribution in [0.1, 0.15) is 18.1 Å². The molecule has 1 aromatic rings. The minimum absolute atomic E-state index is 0.147. The van der Waals surface area contributed by atoms with E-state index in [-0.39, 0.29) is 16.5 Å². The maximum atomic E-state index is 13.6. The second-order valence-corrected chi connectivity index (χ2v) is 3.76. The minimum Gasteiger partial charge on any atom is -0.480 e. The maximum absolute atomic E-state index is 13.6. The summed E-state index contributed by atoms with van der Waals surface area (Å²) in [5.41, 5.74) is 0.622. The molecule has 1 rings (SSSR count). The summed E-state index contributed by atoms with van der Waals surface area (Å²) in [6.45, 7) is 1.78.